The van der Waals surface area contributed by atoms with E-state index in [0.717, 1.165) is 21.9 Å². The Morgan fingerprint density at radius 2 is 2.09 bits per heavy atom. The van der Waals surface area contributed by atoms with E-state index in [1.807, 2.05) is 48.7 Å². The largest absolute Gasteiger partial charge is 0.494 e. The number of hydrogen-bond donors (Lipinski definition) is 0. The minimum Gasteiger partial charge on any atom is -0.494 e. The van der Waals surface area contributed by atoms with Crippen molar-refractivity contribution in [3.8, 4) is 5.75 Å². The molecule has 0 aliphatic rings. The molecular formula is C16H15N3O2S. The summed E-state index contributed by atoms with van der Waals surface area (Å²) in [7, 11) is 1.64. The normalized spacial score (nSPS) is 12.2. The van der Waals surface area contributed by atoms with Gasteiger partial charge < -0.3 is 9.15 Å². The molecule has 0 spiro atoms. The smallest absolute Gasteiger partial charge is 0.211 e. The Balaban J connectivity index is 2.03. The van der Waals surface area contributed by atoms with Crippen molar-refractivity contribution in [1.29, 1.82) is 0 Å². The Morgan fingerprint density at radius 3 is 2.86 bits per heavy atom. The summed E-state index contributed by atoms with van der Waals surface area (Å²) in [4.78, 5) is 5.41. The van der Waals surface area contributed by atoms with Crippen LogP contribution in [0.4, 0.5) is 5.69 Å². The van der Waals surface area contributed by atoms with E-state index in [1.54, 1.807) is 24.3 Å². The highest BCUT2D eigenvalue weighted by molar-refractivity contribution is 7.07. The molecule has 0 radical (unpaired) electrons. The first-order valence-corrected chi connectivity index (χ1v) is 7.58. The van der Waals surface area contributed by atoms with Crippen LogP contribution in [0.15, 0.2) is 62.6 Å². The van der Waals surface area contributed by atoms with Gasteiger partial charge in [-0.1, -0.05) is 12.1 Å². The van der Waals surface area contributed by atoms with Gasteiger partial charge in [-0.15, -0.1) is 11.3 Å². The number of ether oxygens (including phenoxy) is 1. The zero-order valence-electron chi connectivity index (χ0n) is 12.3. The molecule has 6 heteroatoms. The molecule has 3 aromatic rings. The lowest BCUT2D eigenvalue weighted by Crippen LogP contribution is -2.11. The first-order chi connectivity index (χ1) is 10.8. The molecule has 0 unspecified atom stereocenters. The summed E-state index contributed by atoms with van der Waals surface area (Å²) in [5.41, 5.74) is 1.77. The topological polar surface area (TPSA) is 52.0 Å². The minimum atomic E-state index is 0.696. The summed E-state index contributed by atoms with van der Waals surface area (Å²) in [5, 5.41) is 6.44. The van der Waals surface area contributed by atoms with Gasteiger partial charge in [0.1, 0.15) is 17.2 Å². The van der Waals surface area contributed by atoms with Crippen LogP contribution in [0.2, 0.25) is 0 Å². The van der Waals surface area contributed by atoms with Crippen LogP contribution in [0.3, 0.4) is 0 Å². The lowest BCUT2D eigenvalue weighted by molar-refractivity contribution is 0.416. The van der Waals surface area contributed by atoms with E-state index in [2.05, 4.69) is 10.1 Å². The fourth-order valence-corrected chi connectivity index (χ4v) is 2.73. The summed E-state index contributed by atoms with van der Waals surface area (Å²) in [5.74, 6) is 1.43. The van der Waals surface area contributed by atoms with Crippen molar-refractivity contribution in [2.24, 2.45) is 10.1 Å². The minimum absolute atomic E-state index is 0.696. The Bertz CT molecular complexity index is 844. The molecule has 0 fully saturated rings. The molecule has 112 valence electrons. The number of para-hydroxylation sites is 2. The van der Waals surface area contributed by atoms with Gasteiger partial charge in [-0.3, -0.25) is 0 Å². The van der Waals surface area contributed by atoms with Gasteiger partial charge >= 0.3 is 0 Å². The van der Waals surface area contributed by atoms with Gasteiger partial charge in [0.15, 0.2) is 0 Å². The molecule has 22 heavy (non-hydrogen) atoms. The summed E-state index contributed by atoms with van der Waals surface area (Å²) >= 11 is 1.52. The molecule has 0 amide bonds. The van der Waals surface area contributed by atoms with E-state index in [9.17, 15) is 0 Å². The van der Waals surface area contributed by atoms with Crippen LogP contribution in [0, 0.1) is 6.92 Å². The summed E-state index contributed by atoms with van der Waals surface area (Å²) in [6.45, 7) is 1.98. The Labute approximate surface area is 131 Å². The Hall–Kier alpha value is -2.60. The third-order valence-corrected chi connectivity index (χ3v) is 3.93. The summed E-state index contributed by atoms with van der Waals surface area (Å²) in [6, 6.07) is 11.3. The zero-order valence-corrected chi connectivity index (χ0v) is 13.1. The molecule has 0 bridgehead atoms. The van der Waals surface area contributed by atoms with E-state index in [4.69, 9.17) is 9.15 Å². The highest BCUT2D eigenvalue weighted by atomic mass is 32.1. The van der Waals surface area contributed by atoms with Crippen molar-refractivity contribution in [1.82, 2.24) is 4.68 Å². The highest BCUT2D eigenvalue weighted by Crippen LogP contribution is 2.25. The van der Waals surface area contributed by atoms with Crippen LogP contribution >= 0.6 is 11.3 Å². The third-order valence-electron chi connectivity index (χ3n) is 3.00. The lowest BCUT2D eigenvalue weighted by atomic mass is 10.3. The van der Waals surface area contributed by atoms with Gasteiger partial charge in [0.05, 0.1) is 25.3 Å². The van der Waals surface area contributed by atoms with Crippen molar-refractivity contribution in [3.05, 3.63) is 64.3 Å². The molecule has 2 heterocycles. The van der Waals surface area contributed by atoms with Crippen LogP contribution in [0.1, 0.15) is 11.5 Å². The number of furan rings is 1. The van der Waals surface area contributed by atoms with Crippen LogP contribution in [0.25, 0.3) is 0 Å². The highest BCUT2D eigenvalue weighted by Gasteiger charge is 2.03. The summed E-state index contributed by atoms with van der Waals surface area (Å²) in [6.07, 6.45) is 3.29. The lowest BCUT2D eigenvalue weighted by Gasteiger charge is -2.02. The average Bonchev–Trinajstić information content (AvgIpc) is 3.17. The van der Waals surface area contributed by atoms with Crippen molar-refractivity contribution in [2.75, 3.05) is 7.11 Å². The second kappa shape index (κ2) is 6.44. The molecule has 1 aromatic carbocycles. The predicted octanol–water partition coefficient (Wildman–Crippen LogP) is 3.57. The van der Waals surface area contributed by atoms with E-state index in [-0.39, 0.29) is 0 Å². The number of rotatable bonds is 4. The number of hydrogen-bond acceptors (Lipinski definition) is 5. The van der Waals surface area contributed by atoms with Gasteiger partial charge in [0.2, 0.25) is 4.80 Å². The first kappa shape index (κ1) is 14.3. The second-order valence-electron chi connectivity index (χ2n) is 4.52. The summed E-state index contributed by atoms with van der Waals surface area (Å²) < 4.78 is 12.4. The van der Waals surface area contributed by atoms with Gasteiger partial charge in [0.25, 0.3) is 0 Å². The van der Waals surface area contributed by atoms with E-state index < -0.39 is 0 Å². The molecule has 5 nitrogen and oxygen atoms in total. The van der Waals surface area contributed by atoms with Crippen molar-refractivity contribution < 1.29 is 9.15 Å². The molecule has 2 aromatic heterocycles. The van der Waals surface area contributed by atoms with E-state index >= 15 is 0 Å². The van der Waals surface area contributed by atoms with E-state index in [0.29, 0.717) is 5.76 Å². The van der Waals surface area contributed by atoms with Crippen LogP contribution in [-0.4, -0.2) is 18.0 Å². The predicted molar refractivity (Wildman–Crippen MR) is 87.0 cm³/mol. The monoisotopic (exact) mass is 313 g/mol. The molecular weight excluding hydrogens is 298 g/mol. The maximum atomic E-state index is 5.33. The first-order valence-electron chi connectivity index (χ1n) is 6.70. The number of benzene rings is 1. The van der Waals surface area contributed by atoms with Gasteiger partial charge in [0, 0.05) is 5.38 Å². The van der Waals surface area contributed by atoms with Crippen LogP contribution < -0.4 is 9.54 Å². The molecule has 0 aliphatic heterocycles. The standard InChI is InChI=1S/C16H15N3O2S/c1-12-11-22-16(18-14-7-3-4-8-15(14)20-2)19(12)17-10-13-6-5-9-21-13/h3-11H,1-2H3. The maximum Gasteiger partial charge on any atom is 0.211 e. The van der Waals surface area contributed by atoms with Crippen molar-refractivity contribution >= 4 is 23.2 Å². The molecule has 0 saturated heterocycles. The Kier molecular flexibility index (Phi) is 4.20. The van der Waals surface area contributed by atoms with Crippen molar-refractivity contribution in [3.63, 3.8) is 0 Å². The number of aromatic nitrogens is 1. The number of nitrogens with zero attached hydrogens (tertiary/aromatic N) is 3. The van der Waals surface area contributed by atoms with Crippen molar-refractivity contribution in [2.45, 2.75) is 6.92 Å². The molecule has 0 aliphatic carbocycles. The third kappa shape index (κ3) is 3.01. The zero-order chi connectivity index (χ0) is 15.4. The van der Waals surface area contributed by atoms with Crippen LogP contribution in [-0.2, 0) is 0 Å². The molecule has 0 saturated carbocycles. The number of aryl methyl sites for hydroxylation is 1. The SMILES string of the molecule is COc1ccccc1N=c1scc(C)n1N=Cc1ccco1. The van der Waals surface area contributed by atoms with Gasteiger partial charge in [-0.05, 0) is 31.2 Å². The van der Waals surface area contributed by atoms with Crippen LogP contribution in [0.5, 0.6) is 5.75 Å². The molecule has 0 N–H and O–H groups in total. The Morgan fingerprint density at radius 1 is 1.23 bits per heavy atom. The quantitative estimate of drug-likeness (QED) is 0.691. The maximum absolute atomic E-state index is 5.33. The van der Waals surface area contributed by atoms with E-state index in [1.165, 1.54) is 11.3 Å². The average molecular weight is 313 g/mol. The second-order valence-corrected chi connectivity index (χ2v) is 5.35. The fourth-order valence-electron chi connectivity index (χ4n) is 1.91. The number of thiazole rings is 1. The fraction of sp³-hybridized carbons (Fsp3) is 0.125. The molecule has 0 atom stereocenters. The van der Waals surface area contributed by atoms with Gasteiger partial charge in [-0.25, -0.2) is 9.67 Å². The molecule has 3 rings (SSSR count). The number of methoxy groups -OCH3 is 1. The van der Waals surface area contributed by atoms with Gasteiger partial charge in [-0.2, -0.15) is 5.10 Å².